The zero-order valence-corrected chi connectivity index (χ0v) is 11.9. The van der Waals surface area contributed by atoms with Crippen molar-refractivity contribution in [3.63, 3.8) is 0 Å². The van der Waals surface area contributed by atoms with Crippen molar-refractivity contribution in [1.29, 1.82) is 0 Å². The van der Waals surface area contributed by atoms with Gasteiger partial charge in [-0.15, -0.1) is 0 Å². The van der Waals surface area contributed by atoms with E-state index in [-0.39, 0.29) is 11.9 Å². The molecule has 3 heterocycles. The van der Waals surface area contributed by atoms with Crippen LogP contribution in [-0.4, -0.2) is 21.9 Å². The number of rotatable bonds is 1. The van der Waals surface area contributed by atoms with Crippen LogP contribution in [0.2, 0.25) is 0 Å². The fraction of sp³-hybridized carbons (Fsp3) is 0.438. The number of fused-ring (bicyclic) bond motifs is 2. The van der Waals surface area contributed by atoms with E-state index in [9.17, 15) is 4.79 Å². The first-order valence-corrected chi connectivity index (χ1v) is 7.22. The van der Waals surface area contributed by atoms with Crippen LogP contribution < -0.4 is 5.32 Å². The Hall–Kier alpha value is -1.97. The molecule has 0 aromatic carbocycles. The standard InChI is InChI=1S/C16H19N3O/c1-3-13-7-11-6-12-8-16(20)18-10(2)4-5-14(12)19-15(11)9-17-13/h6-7,9-10H,3-5,8H2,1-2H3,(H,18,20). The van der Waals surface area contributed by atoms with Crippen LogP contribution in [0, 0.1) is 0 Å². The molecule has 20 heavy (non-hydrogen) atoms. The molecule has 2 aromatic rings. The largest absolute Gasteiger partial charge is 0.353 e. The van der Waals surface area contributed by atoms with Crippen LogP contribution in [0.25, 0.3) is 10.9 Å². The third-order valence-electron chi connectivity index (χ3n) is 3.86. The zero-order chi connectivity index (χ0) is 14.1. The van der Waals surface area contributed by atoms with Crippen molar-refractivity contribution in [2.45, 2.75) is 45.6 Å². The Morgan fingerprint density at radius 3 is 3.05 bits per heavy atom. The molecule has 0 radical (unpaired) electrons. The van der Waals surface area contributed by atoms with Gasteiger partial charge in [0.15, 0.2) is 0 Å². The maximum absolute atomic E-state index is 11.9. The fourth-order valence-electron chi connectivity index (χ4n) is 2.69. The summed E-state index contributed by atoms with van der Waals surface area (Å²) in [6.45, 7) is 4.13. The first-order valence-electron chi connectivity index (χ1n) is 7.22. The molecule has 1 N–H and O–H groups in total. The molecule has 4 heteroatoms. The molecule has 0 saturated carbocycles. The average molecular weight is 269 g/mol. The smallest absolute Gasteiger partial charge is 0.224 e. The van der Waals surface area contributed by atoms with E-state index in [2.05, 4.69) is 29.4 Å². The van der Waals surface area contributed by atoms with Gasteiger partial charge >= 0.3 is 0 Å². The molecule has 2 aromatic heterocycles. The molecule has 4 nitrogen and oxygen atoms in total. The van der Waals surface area contributed by atoms with Crippen LogP contribution in [0.3, 0.4) is 0 Å². The van der Waals surface area contributed by atoms with Crippen molar-refractivity contribution in [2.24, 2.45) is 0 Å². The van der Waals surface area contributed by atoms with Crippen molar-refractivity contribution < 1.29 is 4.79 Å². The van der Waals surface area contributed by atoms with Crippen molar-refractivity contribution in [3.05, 3.63) is 35.3 Å². The number of hydrogen-bond acceptors (Lipinski definition) is 3. The highest BCUT2D eigenvalue weighted by atomic mass is 16.1. The minimum Gasteiger partial charge on any atom is -0.353 e. The van der Waals surface area contributed by atoms with Gasteiger partial charge in [-0.05, 0) is 43.9 Å². The summed E-state index contributed by atoms with van der Waals surface area (Å²) >= 11 is 0. The van der Waals surface area contributed by atoms with Gasteiger partial charge in [0, 0.05) is 22.8 Å². The minimum absolute atomic E-state index is 0.0874. The average Bonchev–Trinajstić information content (AvgIpc) is 2.42. The number of nitrogens with one attached hydrogen (secondary N) is 1. The lowest BCUT2D eigenvalue weighted by molar-refractivity contribution is -0.121. The monoisotopic (exact) mass is 269 g/mol. The third kappa shape index (κ3) is 2.50. The highest BCUT2D eigenvalue weighted by molar-refractivity contribution is 5.83. The lowest BCUT2D eigenvalue weighted by Gasteiger charge is -2.19. The Labute approximate surface area is 118 Å². The van der Waals surface area contributed by atoms with Crippen LogP contribution in [0.15, 0.2) is 18.3 Å². The summed E-state index contributed by atoms with van der Waals surface area (Å²) in [6, 6.07) is 4.39. The highest BCUT2D eigenvalue weighted by Gasteiger charge is 2.17. The van der Waals surface area contributed by atoms with E-state index in [1.165, 1.54) is 0 Å². The number of hydrogen-bond donors (Lipinski definition) is 1. The van der Waals surface area contributed by atoms with Gasteiger partial charge in [0.1, 0.15) is 0 Å². The van der Waals surface area contributed by atoms with Crippen LogP contribution in [0.5, 0.6) is 0 Å². The molecular weight excluding hydrogens is 250 g/mol. The van der Waals surface area contributed by atoms with Gasteiger partial charge in [-0.25, -0.2) is 0 Å². The summed E-state index contributed by atoms with van der Waals surface area (Å²) in [5.74, 6) is 0.0874. The van der Waals surface area contributed by atoms with Gasteiger partial charge < -0.3 is 5.32 Å². The summed E-state index contributed by atoms with van der Waals surface area (Å²) in [7, 11) is 0. The van der Waals surface area contributed by atoms with E-state index in [1.807, 2.05) is 13.1 Å². The van der Waals surface area contributed by atoms with Crippen molar-refractivity contribution >= 4 is 16.8 Å². The minimum atomic E-state index is 0.0874. The Kier molecular flexibility index (Phi) is 3.38. The number of aromatic nitrogens is 2. The summed E-state index contributed by atoms with van der Waals surface area (Å²) in [4.78, 5) is 21.0. The van der Waals surface area contributed by atoms with Gasteiger partial charge in [-0.1, -0.05) is 6.92 Å². The number of carbonyl (C=O) groups is 1. The van der Waals surface area contributed by atoms with Crippen LogP contribution in [0.4, 0.5) is 0 Å². The van der Waals surface area contributed by atoms with E-state index < -0.39 is 0 Å². The summed E-state index contributed by atoms with van der Waals surface area (Å²) in [5, 5.41) is 4.09. The summed E-state index contributed by atoms with van der Waals surface area (Å²) < 4.78 is 0. The molecule has 1 amide bonds. The van der Waals surface area contributed by atoms with Crippen molar-refractivity contribution in [3.8, 4) is 0 Å². The molecule has 0 bridgehead atoms. The first kappa shape index (κ1) is 13.0. The molecule has 0 aliphatic carbocycles. The van der Waals surface area contributed by atoms with Gasteiger partial charge in [0.05, 0.1) is 18.1 Å². The molecular formula is C16H19N3O. The molecule has 1 unspecified atom stereocenters. The zero-order valence-electron chi connectivity index (χ0n) is 11.9. The van der Waals surface area contributed by atoms with E-state index in [0.717, 1.165) is 47.1 Å². The molecule has 1 atom stereocenters. The number of amides is 1. The second-order valence-electron chi connectivity index (χ2n) is 5.50. The molecule has 3 rings (SSSR count). The molecule has 1 aliphatic heterocycles. The summed E-state index contributed by atoms with van der Waals surface area (Å²) in [5.41, 5.74) is 4.08. The number of pyridine rings is 2. The lowest BCUT2D eigenvalue weighted by atomic mass is 9.99. The maximum Gasteiger partial charge on any atom is 0.224 e. The van der Waals surface area contributed by atoms with Crippen molar-refractivity contribution in [1.82, 2.24) is 15.3 Å². The van der Waals surface area contributed by atoms with Crippen LogP contribution in [-0.2, 0) is 24.1 Å². The molecule has 0 spiro atoms. The Morgan fingerprint density at radius 1 is 1.40 bits per heavy atom. The van der Waals surface area contributed by atoms with Gasteiger partial charge in [0.25, 0.3) is 0 Å². The second kappa shape index (κ2) is 5.19. The van der Waals surface area contributed by atoms with Gasteiger partial charge in [-0.3, -0.25) is 14.8 Å². The van der Waals surface area contributed by atoms with E-state index >= 15 is 0 Å². The van der Waals surface area contributed by atoms with E-state index in [4.69, 9.17) is 4.98 Å². The molecule has 0 saturated heterocycles. The van der Waals surface area contributed by atoms with Gasteiger partial charge in [0.2, 0.25) is 5.91 Å². The predicted octanol–water partition coefficient (Wildman–Crippen LogP) is 2.19. The van der Waals surface area contributed by atoms with Gasteiger partial charge in [-0.2, -0.15) is 0 Å². The Morgan fingerprint density at radius 2 is 2.25 bits per heavy atom. The number of nitrogens with zero attached hydrogens (tertiary/aromatic N) is 2. The number of aryl methyl sites for hydroxylation is 2. The summed E-state index contributed by atoms with van der Waals surface area (Å²) in [6.07, 6.45) is 5.01. The van der Waals surface area contributed by atoms with E-state index in [1.54, 1.807) is 0 Å². The van der Waals surface area contributed by atoms with E-state index in [0.29, 0.717) is 6.42 Å². The highest BCUT2D eigenvalue weighted by Crippen LogP contribution is 2.21. The molecule has 104 valence electrons. The van der Waals surface area contributed by atoms with Crippen LogP contribution >= 0.6 is 0 Å². The molecule has 0 fully saturated rings. The first-order chi connectivity index (χ1) is 9.65. The topological polar surface area (TPSA) is 54.9 Å². The van der Waals surface area contributed by atoms with Crippen LogP contribution in [0.1, 0.15) is 37.2 Å². The Bertz CT molecular complexity index is 666. The lowest BCUT2D eigenvalue weighted by Crippen LogP contribution is -2.36. The third-order valence-corrected chi connectivity index (χ3v) is 3.86. The Balaban J connectivity index is 2.09. The van der Waals surface area contributed by atoms with Crippen molar-refractivity contribution in [2.75, 3.05) is 0 Å². The second-order valence-corrected chi connectivity index (χ2v) is 5.50. The predicted molar refractivity (Wildman–Crippen MR) is 78.5 cm³/mol. The maximum atomic E-state index is 11.9. The SMILES string of the molecule is CCc1cc2cc3c(nc2cn1)CCC(C)NC(=O)C3. The molecule has 1 aliphatic rings. The quantitative estimate of drug-likeness (QED) is 0.863. The number of carbonyl (C=O) groups excluding carboxylic acids is 1. The normalized spacial score (nSPS) is 19.1. The fourth-order valence-corrected chi connectivity index (χ4v) is 2.69.